The zero-order valence-electron chi connectivity index (χ0n) is 21.0. The maximum atomic E-state index is 13.2. The minimum absolute atomic E-state index is 0.121. The maximum Gasteiger partial charge on any atom is 0.273 e. The number of ether oxygens (including phenoxy) is 1. The summed E-state index contributed by atoms with van der Waals surface area (Å²) in [5.41, 5.74) is 4.70. The van der Waals surface area contributed by atoms with Gasteiger partial charge in [0.2, 0.25) is 0 Å². The van der Waals surface area contributed by atoms with Crippen molar-refractivity contribution < 1.29 is 19.2 Å². The number of carbonyl (C=O) groups is 2. The van der Waals surface area contributed by atoms with Crippen molar-refractivity contribution in [2.75, 3.05) is 37.0 Å². The Hall–Kier alpha value is -4.24. The van der Waals surface area contributed by atoms with Crippen LogP contribution in [0.25, 0.3) is 0 Å². The van der Waals surface area contributed by atoms with Gasteiger partial charge in [0, 0.05) is 61.9 Å². The second-order valence-electron chi connectivity index (χ2n) is 8.99. The summed E-state index contributed by atoms with van der Waals surface area (Å²) in [7, 11) is 1.61. The average molecular weight is 503 g/mol. The Bertz CT molecular complexity index is 1320. The molecule has 1 heterocycles. The van der Waals surface area contributed by atoms with Gasteiger partial charge < -0.3 is 20.3 Å². The lowest BCUT2D eigenvalue weighted by atomic mass is 9.98. The Morgan fingerprint density at radius 1 is 1.05 bits per heavy atom. The van der Waals surface area contributed by atoms with Crippen molar-refractivity contribution in [3.8, 4) is 0 Å². The van der Waals surface area contributed by atoms with Crippen LogP contribution < -0.4 is 15.5 Å². The standard InChI is InChI=1S/C28H30N4O5/c1-19-8-9-21(16-26(19)32(35)36)27(33)30-23-10-11-25(24(17-23)28(34)29-13-5-15-37-2)31-14-12-20-6-3-4-7-22(20)18-31/h3-4,6-11,16-17H,5,12-15,18H2,1-2H3,(H,29,34)(H,30,33). The van der Waals surface area contributed by atoms with Gasteiger partial charge in [-0.3, -0.25) is 19.7 Å². The highest BCUT2D eigenvalue weighted by molar-refractivity contribution is 6.06. The van der Waals surface area contributed by atoms with Crippen LogP contribution in [0.5, 0.6) is 0 Å². The normalized spacial score (nSPS) is 12.5. The number of carbonyl (C=O) groups excluding carboxylic acids is 2. The molecule has 2 N–H and O–H groups in total. The number of nitrogens with one attached hydrogen (secondary N) is 2. The number of nitrogens with zero attached hydrogens (tertiary/aromatic N) is 2. The lowest BCUT2D eigenvalue weighted by Crippen LogP contribution is -2.33. The monoisotopic (exact) mass is 502 g/mol. The van der Waals surface area contributed by atoms with Crippen LogP contribution in [0.4, 0.5) is 17.1 Å². The van der Waals surface area contributed by atoms with Crippen LogP contribution in [-0.4, -0.2) is 43.5 Å². The van der Waals surface area contributed by atoms with Crippen LogP contribution in [0, 0.1) is 17.0 Å². The summed E-state index contributed by atoms with van der Waals surface area (Å²) in [6.45, 7) is 4.06. The molecule has 0 bridgehead atoms. The minimum atomic E-state index is -0.510. The van der Waals surface area contributed by atoms with Gasteiger partial charge in [0.1, 0.15) is 0 Å². The maximum absolute atomic E-state index is 13.2. The molecule has 0 aliphatic carbocycles. The third-order valence-electron chi connectivity index (χ3n) is 6.45. The van der Waals surface area contributed by atoms with E-state index in [0.29, 0.717) is 42.9 Å². The van der Waals surface area contributed by atoms with E-state index in [-0.39, 0.29) is 17.2 Å². The van der Waals surface area contributed by atoms with E-state index in [1.165, 1.54) is 17.2 Å². The average Bonchev–Trinajstić information content (AvgIpc) is 2.90. The van der Waals surface area contributed by atoms with E-state index >= 15 is 0 Å². The Morgan fingerprint density at radius 2 is 1.84 bits per heavy atom. The third kappa shape index (κ3) is 6.13. The van der Waals surface area contributed by atoms with Crippen LogP contribution in [0.1, 0.15) is 43.8 Å². The van der Waals surface area contributed by atoms with E-state index in [4.69, 9.17) is 4.74 Å². The van der Waals surface area contributed by atoms with Crippen molar-refractivity contribution in [1.29, 1.82) is 0 Å². The molecule has 0 fully saturated rings. The number of hydrogen-bond acceptors (Lipinski definition) is 6. The number of rotatable bonds is 9. The van der Waals surface area contributed by atoms with Gasteiger partial charge in [0.15, 0.2) is 0 Å². The topological polar surface area (TPSA) is 114 Å². The molecule has 0 atom stereocenters. The van der Waals surface area contributed by atoms with Crippen LogP contribution in [0.15, 0.2) is 60.7 Å². The zero-order chi connectivity index (χ0) is 26.4. The summed E-state index contributed by atoms with van der Waals surface area (Å²) < 4.78 is 5.07. The largest absolute Gasteiger partial charge is 0.385 e. The molecule has 1 aliphatic rings. The molecule has 3 aromatic rings. The van der Waals surface area contributed by atoms with Gasteiger partial charge in [-0.1, -0.05) is 30.3 Å². The quantitative estimate of drug-likeness (QED) is 0.253. The minimum Gasteiger partial charge on any atom is -0.385 e. The summed E-state index contributed by atoms with van der Waals surface area (Å²) in [6.07, 6.45) is 1.55. The molecule has 0 saturated carbocycles. The lowest BCUT2D eigenvalue weighted by Gasteiger charge is -2.32. The Kier molecular flexibility index (Phi) is 8.15. The van der Waals surface area contributed by atoms with Crippen LogP contribution in [-0.2, 0) is 17.7 Å². The molecule has 2 amide bonds. The molecule has 0 spiro atoms. The fourth-order valence-electron chi connectivity index (χ4n) is 4.44. The number of aryl methyl sites for hydroxylation is 1. The van der Waals surface area contributed by atoms with Gasteiger partial charge in [-0.15, -0.1) is 0 Å². The van der Waals surface area contributed by atoms with Crippen molar-refractivity contribution in [1.82, 2.24) is 5.32 Å². The highest BCUT2D eigenvalue weighted by Gasteiger charge is 2.22. The van der Waals surface area contributed by atoms with E-state index in [1.807, 2.05) is 18.2 Å². The van der Waals surface area contributed by atoms with Crippen LogP contribution >= 0.6 is 0 Å². The first-order valence-electron chi connectivity index (χ1n) is 12.2. The lowest BCUT2D eigenvalue weighted by molar-refractivity contribution is -0.385. The van der Waals surface area contributed by atoms with Gasteiger partial charge >= 0.3 is 0 Å². The number of nitro groups is 1. The van der Waals surface area contributed by atoms with Gasteiger partial charge in [-0.05, 0) is 55.2 Å². The third-order valence-corrected chi connectivity index (χ3v) is 6.45. The highest BCUT2D eigenvalue weighted by Crippen LogP contribution is 2.30. The highest BCUT2D eigenvalue weighted by atomic mass is 16.6. The molecular formula is C28H30N4O5. The first kappa shape index (κ1) is 25.8. The van der Waals surface area contributed by atoms with Crippen molar-refractivity contribution >= 4 is 28.9 Å². The SMILES string of the molecule is COCCCNC(=O)c1cc(NC(=O)c2ccc(C)c([N+](=O)[O-])c2)ccc1N1CCc2ccccc2C1. The molecule has 0 unspecified atom stereocenters. The van der Waals surface area contributed by atoms with Gasteiger partial charge in [-0.2, -0.15) is 0 Å². The predicted octanol–water partition coefficient (Wildman–Crippen LogP) is 4.48. The van der Waals surface area contributed by atoms with Crippen molar-refractivity contribution in [2.45, 2.75) is 26.3 Å². The molecule has 3 aromatic carbocycles. The summed E-state index contributed by atoms with van der Waals surface area (Å²) in [5.74, 6) is -0.735. The molecule has 192 valence electrons. The van der Waals surface area contributed by atoms with E-state index < -0.39 is 10.8 Å². The zero-order valence-corrected chi connectivity index (χ0v) is 21.0. The molecule has 0 radical (unpaired) electrons. The number of nitro benzene ring substituents is 1. The van der Waals surface area contributed by atoms with Crippen molar-refractivity contribution in [2.24, 2.45) is 0 Å². The predicted molar refractivity (Wildman–Crippen MR) is 142 cm³/mol. The van der Waals surface area contributed by atoms with Crippen LogP contribution in [0.3, 0.4) is 0 Å². The van der Waals surface area contributed by atoms with Crippen molar-refractivity contribution in [3.05, 3.63) is 98.6 Å². The fraction of sp³-hybridized carbons (Fsp3) is 0.286. The smallest absolute Gasteiger partial charge is 0.273 e. The van der Waals surface area contributed by atoms with Crippen molar-refractivity contribution in [3.63, 3.8) is 0 Å². The Balaban J connectivity index is 1.60. The van der Waals surface area contributed by atoms with Gasteiger partial charge in [0.05, 0.1) is 10.5 Å². The van der Waals surface area contributed by atoms with E-state index in [9.17, 15) is 19.7 Å². The first-order chi connectivity index (χ1) is 17.9. The number of fused-ring (bicyclic) bond motifs is 1. The van der Waals surface area contributed by atoms with E-state index in [0.717, 1.165) is 18.7 Å². The summed E-state index contributed by atoms with van der Waals surface area (Å²) >= 11 is 0. The van der Waals surface area contributed by atoms with Gasteiger partial charge in [0.25, 0.3) is 17.5 Å². The first-order valence-corrected chi connectivity index (χ1v) is 12.2. The molecule has 37 heavy (non-hydrogen) atoms. The number of methoxy groups -OCH3 is 1. The number of amides is 2. The van der Waals surface area contributed by atoms with E-state index in [2.05, 4.69) is 27.7 Å². The van der Waals surface area contributed by atoms with E-state index in [1.54, 1.807) is 38.3 Å². The number of benzene rings is 3. The molecule has 4 rings (SSSR count). The summed E-state index contributed by atoms with van der Waals surface area (Å²) in [5, 5.41) is 17.0. The second kappa shape index (κ2) is 11.7. The number of anilines is 2. The Morgan fingerprint density at radius 3 is 2.59 bits per heavy atom. The summed E-state index contributed by atoms with van der Waals surface area (Å²) in [4.78, 5) is 39.0. The molecule has 9 heteroatoms. The molecule has 0 saturated heterocycles. The van der Waals surface area contributed by atoms with Gasteiger partial charge in [-0.25, -0.2) is 0 Å². The molecule has 0 aromatic heterocycles. The fourth-order valence-corrected chi connectivity index (χ4v) is 4.44. The molecule has 1 aliphatic heterocycles. The second-order valence-corrected chi connectivity index (χ2v) is 8.99. The molecular weight excluding hydrogens is 472 g/mol. The summed E-state index contributed by atoms with van der Waals surface area (Å²) in [6, 6.07) is 17.9. The number of hydrogen-bond donors (Lipinski definition) is 2. The molecule has 9 nitrogen and oxygen atoms in total. The van der Waals surface area contributed by atoms with Crippen LogP contribution in [0.2, 0.25) is 0 Å². The Labute approximate surface area is 215 Å².